The standard InChI is InChI=1S/C14H19NO2/c1-10-8-11(14(2,3)4)6-7-12(10)15(5)13(17)9-16/h6-9H,1-5H3. The predicted molar refractivity (Wildman–Crippen MR) is 69.4 cm³/mol. The van der Waals surface area contributed by atoms with Crippen LogP contribution in [0, 0.1) is 6.92 Å². The Labute approximate surface area is 102 Å². The average Bonchev–Trinajstić information content (AvgIpc) is 2.25. The van der Waals surface area contributed by atoms with Gasteiger partial charge in [0.1, 0.15) is 0 Å². The van der Waals surface area contributed by atoms with Gasteiger partial charge < -0.3 is 4.90 Å². The Morgan fingerprint density at radius 3 is 2.29 bits per heavy atom. The number of amides is 1. The van der Waals surface area contributed by atoms with E-state index < -0.39 is 5.91 Å². The lowest BCUT2D eigenvalue weighted by Crippen LogP contribution is -2.27. The number of likely N-dealkylation sites (N-methyl/N-ethyl adjacent to an activating group) is 1. The van der Waals surface area contributed by atoms with Gasteiger partial charge in [-0.25, -0.2) is 0 Å². The molecule has 3 heteroatoms. The minimum atomic E-state index is -0.531. The second-order valence-corrected chi connectivity index (χ2v) is 5.27. The van der Waals surface area contributed by atoms with Crippen LogP contribution in [-0.4, -0.2) is 19.2 Å². The van der Waals surface area contributed by atoms with E-state index in [0.717, 1.165) is 11.3 Å². The maximum Gasteiger partial charge on any atom is 0.290 e. The lowest BCUT2D eigenvalue weighted by atomic mass is 9.86. The molecule has 0 saturated heterocycles. The molecule has 0 radical (unpaired) electrons. The van der Waals surface area contributed by atoms with Crippen molar-refractivity contribution in [2.24, 2.45) is 0 Å². The molecule has 0 atom stereocenters. The Morgan fingerprint density at radius 2 is 1.88 bits per heavy atom. The number of carbonyl (C=O) groups is 2. The van der Waals surface area contributed by atoms with Crippen LogP contribution in [0.25, 0.3) is 0 Å². The molecule has 92 valence electrons. The molecular weight excluding hydrogens is 214 g/mol. The third kappa shape index (κ3) is 2.93. The highest BCUT2D eigenvalue weighted by atomic mass is 16.2. The first-order valence-corrected chi connectivity index (χ1v) is 5.61. The molecule has 3 nitrogen and oxygen atoms in total. The number of rotatable bonds is 2. The van der Waals surface area contributed by atoms with Crippen molar-refractivity contribution in [3.05, 3.63) is 29.3 Å². The first-order valence-electron chi connectivity index (χ1n) is 5.61. The summed E-state index contributed by atoms with van der Waals surface area (Å²) in [5, 5.41) is 0. The highest BCUT2D eigenvalue weighted by Gasteiger charge is 2.17. The molecule has 1 aromatic carbocycles. The second kappa shape index (κ2) is 4.70. The zero-order chi connectivity index (χ0) is 13.2. The van der Waals surface area contributed by atoms with E-state index in [1.807, 2.05) is 19.1 Å². The van der Waals surface area contributed by atoms with Crippen LogP contribution in [0.2, 0.25) is 0 Å². The molecular formula is C14H19NO2. The van der Waals surface area contributed by atoms with Crippen LogP contribution in [0.5, 0.6) is 0 Å². The lowest BCUT2D eigenvalue weighted by Gasteiger charge is -2.23. The van der Waals surface area contributed by atoms with Gasteiger partial charge in [-0.2, -0.15) is 0 Å². The zero-order valence-corrected chi connectivity index (χ0v) is 11.1. The minimum absolute atomic E-state index is 0.0799. The van der Waals surface area contributed by atoms with Crippen molar-refractivity contribution in [3.8, 4) is 0 Å². The summed E-state index contributed by atoms with van der Waals surface area (Å²) in [6, 6.07) is 5.94. The Balaban J connectivity index is 3.14. The van der Waals surface area contributed by atoms with Crippen molar-refractivity contribution in [2.75, 3.05) is 11.9 Å². The fourth-order valence-corrected chi connectivity index (χ4v) is 1.70. The fraction of sp³-hybridized carbons (Fsp3) is 0.429. The average molecular weight is 233 g/mol. The summed E-state index contributed by atoms with van der Waals surface area (Å²) in [6.07, 6.45) is 0.330. The fourth-order valence-electron chi connectivity index (χ4n) is 1.70. The number of carbonyl (C=O) groups excluding carboxylic acids is 2. The number of anilines is 1. The largest absolute Gasteiger partial charge is 0.309 e. The Morgan fingerprint density at radius 1 is 1.29 bits per heavy atom. The van der Waals surface area contributed by atoms with Crippen molar-refractivity contribution < 1.29 is 9.59 Å². The molecule has 0 aromatic heterocycles. The van der Waals surface area contributed by atoms with Crippen LogP contribution >= 0.6 is 0 Å². The van der Waals surface area contributed by atoms with Gasteiger partial charge in [0.2, 0.25) is 6.29 Å². The van der Waals surface area contributed by atoms with Crippen molar-refractivity contribution >= 4 is 17.9 Å². The topological polar surface area (TPSA) is 37.4 Å². The summed E-state index contributed by atoms with van der Waals surface area (Å²) in [7, 11) is 1.61. The zero-order valence-electron chi connectivity index (χ0n) is 11.1. The van der Waals surface area contributed by atoms with Crippen molar-refractivity contribution in [2.45, 2.75) is 33.1 Å². The molecule has 1 amide bonds. The van der Waals surface area contributed by atoms with Crippen molar-refractivity contribution in [1.82, 2.24) is 0 Å². The quantitative estimate of drug-likeness (QED) is 0.581. The van der Waals surface area contributed by atoms with Crippen molar-refractivity contribution in [1.29, 1.82) is 0 Å². The van der Waals surface area contributed by atoms with Crippen LogP contribution in [-0.2, 0) is 15.0 Å². The summed E-state index contributed by atoms with van der Waals surface area (Å²) in [6.45, 7) is 8.37. The van der Waals surface area contributed by atoms with E-state index in [-0.39, 0.29) is 5.41 Å². The Kier molecular flexibility index (Phi) is 3.71. The molecule has 0 aliphatic rings. The van der Waals surface area contributed by atoms with E-state index in [2.05, 4.69) is 26.8 Å². The molecule has 0 N–H and O–H groups in total. The molecule has 0 heterocycles. The van der Waals surface area contributed by atoms with Gasteiger partial charge in [0.25, 0.3) is 5.91 Å². The number of nitrogens with zero attached hydrogens (tertiary/aromatic N) is 1. The normalized spacial score (nSPS) is 11.1. The molecule has 0 fully saturated rings. The number of aldehydes is 1. The van der Waals surface area contributed by atoms with E-state index in [1.165, 1.54) is 10.5 Å². The highest BCUT2D eigenvalue weighted by molar-refractivity contribution is 6.30. The summed E-state index contributed by atoms with van der Waals surface area (Å²) in [5.41, 5.74) is 3.06. The van der Waals surface area contributed by atoms with Gasteiger partial charge in [-0.05, 0) is 29.5 Å². The minimum Gasteiger partial charge on any atom is -0.309 e. The van der Waals surface area contributed by atoms with Gasteiger partial charge >= 0.3 is 0 Å². The van der Waals surface area contributed by atoms with Gasteiger partial charge in [-0.3, -0.25) is 9.59 Å². The smallest absolute Gasteiger partial charge is 0.290 e. The maximum absolute atomic E-state index is 11.3. The maximum atomic E-state index is 11.3. The van der Waals surface area contributed by atoms with Crippen LogP contribution in [0.15, 0.2) is 18.2 Å². The van der Waals surface area contributed by atoms with Crippen LogP contribution < -0.4 is 4.90 Å². The second-order valence-electron chi connectivity index (χ2n) is 5.27. The molecule has 0 bridgehead atoms. The van der Waals surface area contributed by atoms with E-state index in [1.54, 1.807) is 7.05 Å². The number of hydrogen-bond donors (Lipinski definition) is 0. The molecule has 0 aliphatic carbocycles. The van der Waals surface area contributed by atoms with Gasteiger partial charge in [0.15, 0.2) is 0 Å². The molecule has 0 saturated carbocycles. The summed E-state index contributed by atoms with van der Waals surface area (Å²) < 4.78 is 0. The van der Waals surface area contributed by atoms with E-state index >= 15 is 0 Å². The molecule has 0 spiro atoms. The van der Waals surface area contributed by atoms with Crippen LogP contribution in [0.1, 0.15) is 31.9 Å². The predicted octanol–water partition coefficient (Wildman–Crippen LogP) is 2.45. The molecule has 0 aliphatic heterocycles. The number of aryl methyl sites for hydroxylation is 1. The first-order chi connectivity index (χ1) is 7.77. The van der Waals surface area contributed by atoms with Gasteiger partial charge in [0.05, 0.1) is 0 Å². The summed E-state index contributed by atoms with van der Waals surface area (Å²) in [4.78, 5) is 23.1. The van der Waals surface area contributed by atoms with Crippen LogP contribution in [0.3, 0.4) is 0 Å². The Hall–Kier alpha value is -1.64. The van der Waals surface area contributed by atoms with Gasteiger partial charge in [-0.15, -0.1) is 0 Å². The Bertz CT molecular complexity index is 444. The SMILES string of the molecule is Cc1cc(C(C)(C)C)ccc1N(C)C(=O)C=O. The molecule has 1 rings (SSSR count). The number of hydrogen-bond acceptors (Lipinski definition) is 2. The van der Waals surface area contributed by atoms with Crippen molar-refractivity contribution in [3.63, 3.8) is 0 Å². The van der Waals surface area contributed by atoms with E-state index in [0.29, 0.717) is 6.29 Å². The highest BCUT2D eigenvalue weighted by Crippen LogP contribution is 2.27. The third-order valence-corrected chi connectivity index (χ3v) is 2.86. The first kappa shape index (κ1) is 13.4. The molecule has 0 unspecified atom stereocenters. The van der Waals surface area contributed by atoms with Gasteiger partial charge in [0, 0.05) is 12.7 Å². The van der Waals surface area contributed by atoms with Crippen LogP contribution in [0.4, 0.5) is 5.69 Å². The monoisotopic (exact) mass is 233 g/mol. The molecule has 17 heavy (non-hydrogen) atoms. The third-order valence-electron chi connectivity index (χ3n) is 2.86. The lowest BCUT2D eigenvalue weighted by molar-refractivity contribution is -0.129. The summed E-state index contributed by atoms with van der Waals surface area (Å²) >= 11 is 0. The molecule has 1 aromatic rings. The van der Waals surface area contributed by atoms with E-state index in [4.69, 9.17) is 0 Å². The van der Waals surface area contributed by atoms with E-state index in [9.17, 15) is 9.59 Å². The summed E-state index contributed by atoms with van der Waals surface area (Å²) in [5.74, 6) is -0.531. The van der Waals surface area contributed by atoms with Gasteiger partial charge in [-0.1, -0.05) is 32.9 Å². The number of benzene rings is 1.